The van der Waals surface area contributed by atoms with Crippen LogP contribution in [0.2, 0.25) is 0 Å². The molecule has 1 N–H and O–H groups in total. The topological polar surface area (TPSA) is 12.0 Å². The van der Waals surface area contributed by atoms with Gasteiger partial charge in [-0.2, -0.15) is 0 Å². The predicted molar refractivity (Wildman–Crippen MR) is 81.4 cm³/mol. The van der Waals surface area contributed by atoms with Gasteiger partial charge in [-0.05, 0) is 61.5 Å². The molecule has 1 aromatic carbocycles. The van der Waals surface area contributed by atoms with Crippen LogP contribution in [0.5, 0.6) is 0 Å². The van der Waals surface area contributed by atoms with Crippen molar-refractivity contribution in [3.05, 3.63) is 35.4 Å². The maximum Gasteiger partial charge on any atom is 0.0110 e. The number of nitrogens with one attached hydrogen (secondary N) is 1. The molecule has 2 heterocycles. The molecule has 1 heteroatoms. The smallest absolute Gasteiger partial charge is 0.0110 e. The Hall–Kier alpha value is -0.820. The second-order valence-electron chi connectivity index (χ2n) is 6.96. The summed E-state index contributed by atoms with van der Waals surface area (Å²) in [7, 11) is 0. The largest absolute Gasteiger partial charge is 0.311 e. The summed E-state index contributed by atoms with van der Waals surface area (Å²) in [5.41, 5.74) is 3.21. The Labute approximate surface area is 117 Å². The minimum absolute atomic E-state index is 0.717. The van der Waals surface area contributed by atoms with Gasteiger partial charge < -0.3 is 5.32 Å². The zero-order valence-electron chi connectivity index (χ0n) is 12.4. The minimum Gasteiger partial charge on any atom is -0.311 e. The van der Waals surface area contributed by atoms with E-state index in [1.54, 1.807) is 11.1 Å². The van der Waals surface area contributed by atoms with Crippen molar-refractivity contribution in [1.82, 2.24) is 5.32 Å². The lowest BCUT2D eigenvalue weighted by Gasteiger charge is -2.41. The number of hydrogen-bond donors (Lipinski definition) is 1. The Balaban J connectivity index is 1.77. The highest BCUT2D eigenvalue weighted by Gasteiger charge is 2.32. The number of fused-ring (bicyclic) bond motifs is 2. The summed E-state index contributed by atoms with van der Waals surface area (Å²) < 4.78 is 0. The maximum absolute atomic E-state index is 3.95. The first-order chi connectivity index (χ1) is 9.22. The molecule has 0 saturated carbocycles. The second kappa shape index (κ2) is 5.66. The highest BCUT2D eigenvalue weighted by atomic mass is 15.0. The monoisotopic (exact) mass is 257 g/mol. The molecule has 1 aromatic rings. The van der Waals surface area contributed by atoms with Crippen molar-refractivity contribution in [1.29, 1.82) is 0 Å². The Bertz CT molecular complexity index is 423. The van der Waals surface area contributed by atoms with E-state index >= 15 is 0 Å². The molecule has 3 unspecified atom stereocenters. The lowest BCUT2D eigenvalue weighted by atomic mass is 9.75. The lowest BCUT2D eigenvalue weighted by Crippen LogP contribution is -2.50. The highest BCUT2D eigenvalue weighted by Crippen LogP contribution is 2.32. The second-order valence-corrected chi connectivity index (χ2v) is 6.96. The molecule has 1 fully saturated rings. The van der Waals surface area contributed by atoms with E-state index in [1.807, 2.05) is 0 Å². The van der Waals surface area contributed by atoms with Crippen LogP contribution in [0.3, 0.4) is 0 Å². The summed E-state index contributed by atoms with van der Waals surface area (Å²) in [5, 5.41) is 3.95. The molecule has 2 aliphatic heterocycles. The van der Waals surface area contributed by atoms with Crippen LogP contribution in [0.15, 0.2) is 24.3 Å². The summed E-state index contributed by atoms with van der Waals surface area (Å²) in [5.74, 6) is 1.69. The van der Waals surface area contributed by atoms with Crippen molar-refractivity contribution in [3.8, 4) is 0 Å². The lowest BCUT2D eigenvalue weighted by molar-refractivity contribution is 0.202. The SMILES string of the molecule is CC(C)CCC1NC2CCC1Cc1ccccc1C2. The summed E-state index contributed by atoms with van der Waals surface area (Å²) in [6, 6.07) is 10.6. The number of piperidine rings is 1. The van der Waals surface area contributed by atoms with Gasteiger partial charge in [0.1, 0.15) is 0 Å². The molecule has 104 valence electrons. The van der Waals surface area contributed by atoms with Gasteiger partial charge in [-0.25, -0.2) is 0 Å². The Morgan fingerprint density at radius 1 is 1.11 bits per heavy atom. The molecular weight excluding hydrogens is 230 g/mol. The van der Waals surface area contributed by atoms with E-state index in [1.165, 1.54) is 38.5 Å². The van der Waals surface area contributed by atoms with Gasteiger partial charge in [-0.3, -0.25) is 0 Å². The molecule has 2 bridgehead atoms. The normalized spacial score (nSPS) is 29.9. The van der Waals surface area contributed by atoms with Gasteiger partial charge in [0.15, 0.2) is 0 Å². The molecule has 3 atom stereocenters. The molecule has 0 spiro atoms. The first-order valence-electron chi connectivity index (χ1n) is 8.05. The third-order valence-corrected chi connectivity index (χ3v) is 5.03. The van der Waals surface area contributed by atoms with Crippen molar-refractivity contribution in [2.24, 2.45) is 11.8 Å². The van der Waals surface area contributed by atoms with Crippen LogP contribution in [0, 0.1) is 11.8 Å². The fourth-order valence-electron chi connectivity index (χ4n) is 3.88. The third-order valence-electron chi connectivity index (χ3n) is 5.03. The van der Waals surface area contributed by atoms with E-state index in [2.05, 4.69) is 43.4 Å². The maximum atomic E-state index is 3.95. The highest BCUT2D eigenvalue weighted by molar-refractivity contribution is 5.30. The molecule has 1 aliphatic carbocycles. The van der Waals surface area contributed by atoms with Crippen molar-refractivity contribution in [2.45, 2.75) is 64.5 Å². The number of hydrogen-bond acceptors (Lipinski definition) is 1. The molecule has 4 rings (SSSR count). The van der Waals surface area contributed by atoms with E-state index in [0.717, 1.165) is 23.9 Å². The fourth-order valence-corrected chi connectivity index (χ4v) is 3.88. The zero-order chi connectivity index (χ0) is 13.2. The third kappa shape index (κ3) is 3.02. The van der Waals surface area contributed by atoms with E-state index in [4.69, 9.17) is 0 Å². The molecule has 1 saturated heterocycles. The average molecular weight is 257 g/mol. The van der Waals surface area contributed by atoms with Crippen molar-refractivity contribution >= 4 is 0 Å². The van der Waals surface area contributed by atoms with Gasteiger partial charge in [-0.1, -0.05) is 38.1 Å². The molecule has 19 heavy (non-hydrogen) atoms. The van der Waals surface area contributed by atoms with Crippen LogP contribution in [0.25, 0.3) is 0 Å². The van der Waals surface area contributed by atoms with Gasteiger partial charge >= 0.3 is 0 Å². The van der Waals surface area contributed by atoms with E-state index in [-0.39, 0.29) is 0 Å². The standard InChI is InChI=1S/C18H27N/c1-13(2)7-10-18-16-8-9-17(19-18)12-15-6-4-3-5-14(15)11-16/h3-6,13,16-19H,7-12H2,1-2H3. The van der Waals surface area contributed by atoms with Crippen LogP contribution in [-0.2, 0) is 12.8 Å². The van der Waals surface area contributed by atoms with Gasteiger partial charge in [-0.15, -0.1) is 0 Å². The van der Waals surface area contributed by atoms with E-state index < -0.39 is 0 Å². The van der Waals surface area contributed by atoms with Crippen molar-refractivity contribution in [3.63, 3.8) is 0 Å². The van der Waals surface area contributed by atoms with Crippen LogP contribution < -0.4 is 5.32 Å². The number of benzene rings is 1. The molecule has 0 aromatic heterocycles. The summed E-state index contributed by atoms with van der Waals surface area (Å²) in [6.45, 7) is 4.69. The van der Waals surface area contributed by atoms with Crippen LogP contribution in [-0.4, -0.2) is 12.1 Å². The first kappa shape index (κ1) is 13.2. The zero-order valence-corrected chi connectivity index (χ0v) is 12.4. The minimum atomic E-state index is 0.717. The Kier molecular flexibility index (Phi) is 3.93. The van der Waals surface area contributed by atoms with E-state index in [9.17, 15) is 0 Å². The molecule has 3 aliphatic rings. The Morgan fingerprint density at radius 3 is 2.58 bits per heavy atom. The summed E-state index contributed by atoms with van der Waals surface area (Å²) >= 11 is 0. The summed E-state index contributed by atoms with van der Waals surface area (Å²) in [4.78, 5) is 0. The van der Waals surface area contributed by atoms with Crippen LogP contribution in [0.4, 0.5) is 0 Å². The van der Waals surface area contributed by atoms with Crippen molar-refractivity contribution < 1.29 is 0 Å². The molecule has 0 amide bonds. The quantitative estimate of drug-likeness (QED) is 0.864. The molecule has 0 radical (unpaired) electrons. The molecular formula is C18H27N. The van der Waals surface area contributed by atoms with Gasteiger partial charge in [0.2, 0.25) is 0 Å². The fraction of sp³-hybridized carbons (Fsp3) is 0.667. The van der Waals surface area contributed by atoms with Crippen LogP contribution in [0.1, 0.15) is 50.7 Å². The van der Waals surface area contributed by atoms with Gasteiger partial charge in [0.05, 0.1) is 0 Å². The number of rotatable bonds is 3. The average Bonchev–Trinajstić information content (AvgIpc) is 2.36. The molecule has 1 nitrogen and oxygen atoms in total. The predicted octanol–water partition coefficient (Wildman–Crippen LogP) is 3.96. The first-order valence-corrected chi connectivity index (χ1v) is 8.05. The Morgan fingerprint density at radius 2 is 1.84 bits per heavy atom. The van der Waals surface area contributed by atoms with Gasteiger partial charge in [0.25, 0.3) is 0 Å². The van der Waals surface area contributed by atoms with E-state index in [0.29, 0.717) is 0 Å². The summed E-state index contributed by atoms with van der Waals surface area (Å²) in [6.07, 6.45) is 8.05. The van der Waals surface area contributed by atoms with Crippen LogP contribution >= 0.6 is 0 Å². The van der Waals surface area contributed by atoms with Crippen molar-refractivity contribution in [2.75, 3.05) is 0 Å². The van der Waals surface area contributed by atoms with Gasteiger partial charge in [0, 0.05) is 12.1 Å².